The highest BCUT2D eigenvalue weighted by Gasteiger charge is 2.02. The summed E-state index contributed by atoms with van der Waals surface area (Å²) in [5, 5.41) is 2.52. The van der Waals surface area contributed by atoms with Crippen molar-refractivity contribution in [2.24, 2.45) is 0 Å². The van der Waals surface area contributed by atoms with Crippen LogP contribution in [0.1, 0.15) is 0 Å². The molecule has 0 saturated heterocycles. The molecule has 0 aliphatic rings. The molecule has 0 aromatic heterocycles. The molecule has 1 N–H and O–H groups in total. The summed E-state index contributed by atoms with van der Waals surface area (Å²) in [7, 11) is 3.10. The molecule has 0 radical (unpaired) electrons. The Hall–Kier alpha value is -1.71. The Morgan fingerprint density at radius 1 is 1.31 bits per heavy atom. The molecule has 4 nitrogen and oxygen atoms in total. The minimum absolute atomic E-state index is 0.594. The molecule has 0 spiro atoms. The topological polar surface area (TPSA) is 47.6 Å². The second-order valence-electron chi connectivity index (χ2n) is 2.33. The number of benzene rings is 1. The van der Waals surface area contributed by atoms with Gasteiger partial charge in [-0.05, 0) is 12.1 Å². The van der Waals surface area contributed by atoms with Crippen LogP contribution in [0.5, 0.6) is 11.5 Å². The quantitative estimate of drug-likeness (QED) is 0.711. The van der Waals surface area contributed by atoms with E-state index in [1.54, 1.807) is 25.3 Å². The van der Waals surface area contributed by atoms with Gasteiger partial charge in [-0.1, -0.05) is 0 Å². The fraction of sp³-hybridized carbons (Fsp3) is 0.222. The highest BCUT2D eigenvalue weighted by atomic mass is 16.5. The van der Waals surface area contributed by atoms with Crippen LogP contribution in [0.15, 0.2) is 18.2 Å². The SMILES string of the molecule is COc1ccc(OC)c(NC=O)c1. The second kappa shape index (κ2) is 4.35. The monoisotopic (exact) mass is 181 g/mol. The van der Waals surface area contributed by atoms with Crippen LogP contribution in [-0.4, -0.2) is 20.6 Å². The molecule has 13 heavy (non-hydrogen) atoms. The van der Waals surface area contributed by atoms with Gasteiger partial charge in [0.15, 0.2) is 0 Å². The van der Waals surface area contributed by atoms with Crippen molar-refractivity contribution in [1.82, 2.24) is 0 Å². The minimum Gasteiger partial charge on any atom is -0.497 e. The van der Waals surface area contributed by atoms with E-state index < -0.39 is 0 Å². The molecular formula is C9H11NO3. The molecule has 0 fully saturated rings. The summed E-state index contributed by atoms with van der Waals surface area (Å²) < 4.78 is 10.0. The Balaban J connectivity index is 3.01. The lowest BCUT2D eigenvalue weighted by molar-refractivity contribution is -0.105. The van der Waals surface area contributed by atoms with Gasteiger partial charge >= 0.3 is 0 Å². The number of carbonyl (C=O) groups excluding carboxylic acids is 1. The number of amides is 1. The average molecular weight is 181 g/mol. The van der Waals surface area contributed by atoms with E-state index in [2.05, 4.69) is 5.32 Å². The lowest BCUT2D eigenvalue weighted by atomic mass is 10.3. The van der Waals surface area contributed by atoms with Crippen molar-refractivity contribution in [3.05, 3.63) is 18.2 Å². The third-order valence-corrected chi connectivity index (χ3v) is 1.62. The lowest BCUT2D eigenvalue weighted by Crippen LogP contribution is -1.97. The lowest BCUT2D eigenvalue weighted by Gasteiger charge is -2.08. The van der Waals surface area contributed by atoms with Gasteiger partial charge in [-0.2, -0.15) is 0 Å². The number of hydrogen-bond acceptors (Lipinski definition) is 3. The first-order valence-corrected chi connectivity index (χ1v) is 3.74. The first kappa shape index (κ1) is 9.38. The summed E-state index contributed by atoms with van der Waals surface area (Å²) in [6.07, 6.45) is 0.595. The fourth-order valence-corrected chi connectivity index (χ4v) is 0.990. The molecule has 1 amide bonds. The van der Waals surface area contributed by atoms with Crippen LogP contribution in [-0.2, 0) is 4.79 Å². The standard InChI is InChI=1S/C9H11NO3/c1-12-7-3-4-9(13-2)8(5-7)10-6-11/h3-6H,1-2H3,(H,10,11). The number of hydrogen-bond donors (Lipinski definition) is 1. The number of carbonyl (C=O) groups is 1. The number of nitrogens with one attached hydrogen (secondary N) is 1. The normalized spacial score (nSPS) is 9.08. The van der Waals surface area contributed by atoms with Crippen LogP contribution in [0.3, 0.4) is 0 Å². The summed E-state index contributed by atoms with van der Waals surface area (Å²) in [4.78, 5) is 10.2. The van der Waals surface area contributed by atoms with Crippen LogP contribution < -0.4 is 14.8 Å². The molecule has 0 heterocycles. The van der Waals surface area contributed by atoms with Crippen LogP contribution in [0.2, 0.25) is 0 Å². The smallest absolute Gasteiger partial charge is 0.211 e. The molecule has 70 valence electrons. The molecule has 0 bridgehead atoms. The van der Waals surface area contributed by atoms with Crippen molar-refractivity contribution in [2.45, 2.75) is 0 Å². The van der Waals surface area contributed by atoms with E-state index >= 15 is 0 Å². The van der Waals surface area contributed by atoms with E-state index in [1.807, 2.05) is 0 Å². The van der Waals surface area contributed by atoms with E-state index in [0.717, 1.165) is 0 Å². The summed E-state index contributed by atoms with van der Waals surface area (Å²) in [6.45, 7) is 0. The Kier molecular flexibility index (Phi) is 3.14. The maximum atomic E-state index is 10.2. The third kappa shape index (κ3) is 2.11. The van der Waals surface area contributed by atoms with Crippen molar-refractivity contribution in [1.29, 1.82) is 0 Å². The van der Waals surface area contributed by atoms with Crippen LogP contribution in [0, 0.1) is 0 Å². The Labute approximate surface area is 76.5 Å². The van der Waals surface area contributed by atoms with Crippen molar-refractivity contribution in [3.63, 3.8) is 0 Å². The molecule has 1 rings (SSSR count). The zero-order chi connectivity index (χ0) is 9.68. The van der Waals surface area contributed by atoms with E-state index in [1.165, 1.54) is 7.11 Å². The van der Waals surface area contributed by atoms with Crippen molar-refractivity contribution in [2.75, 3.05) is 19.5 Å². The summed E-state index contributed by atoms with van der Waals surface area (Å²) in [6, 6.07) is 5.17. The number of anilines is 1. The highest BCUT2D eigenvalue weighted by molar-refractivity contribution is 5.76. The zero-order valence-electron chi connectivity index (χ0n) is 7.53. The Bertz CT molecular complexity index is 299. The van der Waals surface area contributed by atoms with Gasteiger partial charge in [0, 0.05) is 6.07 Å². The van der Waals surface area contributed by atoms with E-state index in [-0.39, 0.29) is 0 Å². The number of ether oxygens (including phenoxy) is 2. The Morgan fingerprint density at radius 3 is 2.62 bits per heavy atom. The van der Waals surface area contributed by atoms with E-state index in [4.69, 9.17) is 9.47 Å². The highest BCUT2D eigenvalue weighted by Crippen LogP contribution is 2.28. The van der Waals surface area contributed by atoms with Gasteiger partial charge in [-0.25, -0.2) is 0 Å². The van der Waals surface area contributed by atoms with E-state index in [0.29, 0.717) is 23.6 Å². The van der Waals surface area contributed by atoms with Crippen LogP contribution in [0.4, 0.5) is 5.69 Å². The van der Waals surface area contributed by atoms with Gasteiger partial charge in [0.25, 0.3) is 0 Å². The van der Waals surface area contributed by atoms with Gasteiger partial charge in [0.2, 0.25) is 6.41 Å². The van der Waals surface area contributed by atoms with Gasteiger partial charge in [0.1, 0.15) is 11.5 Å². The number of methoxy groups -OCH3 is 2. The zero-order valence-corrected chi connectivity index (χ0v) is 7.53. The predicted molar refractivity (Wildman–Crippen MR) is 49.2 cm³/mol. The molecule has 0 saturated carbocycles. The third-order valence-electron chi connectivity index (χ3n) is 1.62. The van der Waals surface area contributed by atoms with Crippen LogP contribution in [0.25, 0.3) is 0 Å². The molecule has 0 aliphatic heterocycles. The van der Waals surface area contributed by atoms with Crippen molar-refractivity contribution in [3.8, 4) is 11.5 Å². The molecule has 4 heteroatoms. The molecule has 1 aromatic rings. The predicted octanol–water partition coefficient (Wildman–Crippen LogP) is 1.27. The first-order chi connectivity index (χ1) is 6.31. The molecule has 0 aliphatic carbocycles. The minimum atomic E-state index is 0.594. The number of rotatable bonds is 4. The van der Waals surface area contributed by atoms with Gasteiger partial charge in [-0.15, -0.1) is 0 Å². The molecule has 1 aromatic carbocycles. The summed E-state index contributed by atoms with van der Waals surface area (Å²) >= 11 is 0. The van der Waals surface area contributed by atoms with Gasteiger partial charge in [0.05, 0.1) is 19.9 Å². The fourth-order valence-electron chi connectivity index (χ4n) is 0.990. The molecule has 0 atom stereocenters. The largest absolute Gasteiger partial charge is 0.497 e. The maximum absolute atomic E-state index is 10.2. The second-order valence-corrected chi connectivity index (χ2v) is 2.33. The van der Waals surface area contributed by atoms with Gasteiger partial charge < -0.3 is 14.8 Å². The van der Waals surface area contributed by atoms with Crippen molar-refractivity contribution >= 4 is 12.1 Å². The van der Waals surface area contributed by atoms with E-state index in [9.17, 15) is 4.79 Å². The first-order valence-electron chi connectivity index (χ1n) is 3.74. The summed E-state index contributed by atoms with van der Waals surface area (Å²) in [5.41, 5.74) is 0.594. The molecular weight excluding hydrogens is 170 g/mol. The molecule has 0 unspecified atom stereocenters. The van der Waals surface area contributed by atoms with Gasteiger partial charge in [-0.3, -0.25) is 4.79 Å². The summed E-state index contributed by atoms with van der Waals surface area (Å²) in [5.74, 6) is 1.28. The Morgan fingerprint density at radius 2 is 2.08 bits per heavy atom. The van der Waals surface area contributed by atoms with Crippen molar-refractivity contribution < 1.29 is 14.3 Å². The van der Waals surface area contributed by atoms with Crippen LogP contribution >= 0.6 is 0 Å². The average Bonchev–Trinajstić information content (AvgIpc) is 2.18. The maximum Gasteiger partial charge on any atom is 0.211 e.